The average molecular weight is 467 g/mol. The fourth-order valence-electron chi connectivity index (χ4n) is 3.83. The Hall–Kier alpha value is -3.35. The molecule has 7 heteroatoms. The Kier molecular flexibility index (Phi) is 7.34. The number of rotatable bonds is 4. The van der Waals surface area contributed by atoms with Crippen molar-refractivity contribution in [1.29, 1.82) is 0 Å². The molecule has 1 heterocycles. The van der Waals surface area contributed by atoms with Gasteiger partial charge >= 0.3 is 12.1 Å². The predicted octanol–water partition coefficient (Wildman–Crippen LogP) is 5.37. The van der Waals surface area contributed by atoms with Crippen LogP contribution in [0.5, 0.6) is 0 Å². The van der Waals surface area contributed by atoms with Crippen molar-refractivity contribution in [2.75, 3.05) is 11.9 Å². The van der Waals surface area contributed by atoms with E-state index in [9.17, 15) is 14.4 Å². The molecule has 34 heavy (non-hydrogen) atoms. The van der Waals surface area contributed by atoms with Crippen LogP contribution in [0, 0.1) is 0 Å². The smallest absolute Gasteiger partial charge is 0.410 e. The number of esters is 1. The summed E-state index contributed by atoms with van der Waals surface area (Å²) in [5.74, 6) is -0.698. The Morgan fingerprint density at radius 2 is 1.44 bits per heavy atom. The van der Waals surface area contributed by atoms with E-state index in [2.05, 4.69) is 5.32 Å². The van der Waals surface area contributed by atoms with Gasteiger partial charge in [0.15, 0.2) is 0 Å². The number of ether oxygens (including phenoxy) is 2. The molecule has 1 N–H and O–H groups in total. The molecule has 2 atom stereocenters. The summed E-state index contributed by atoms with van der Waals surface area (Å²) < 4.78 is 10.9. The SMILES string of the molecule is CC(C)(C)OC(=O)c1ccc(NC(=O)[C@@H]2C[C@H](c3ccccc3)CN2C(=O)OC(C)(C)C)cc1. The van der Waals surface area contributed by atoms with Crippen molar-refractivity contribution in [3.05, 3.63) is 65.7 Å². The van der Waals surface area contributed by atoms with Gasteiger partial charge in [-0.25, -0.2) is 9.59 Å². The molecule has 3 rings (SSSR count). The molecule has 1 aliphatic heterocycles. The molecule has 0 radical (unpaired) electrons. The van der Waals surface area contributed by atoms with Crippen LogP contribution in [0.2, 0.25) is 0 Å². The van der Waals surface area contributed by atoms with Crippen molar-refractivity contribution in [2.24, 2.45) is 0 Å². The molecule has 0 unspecified atom stereocenters. The van der Waals surface area contributed by atoms with Crippen LogP contribution < -0.4 is 5.32 Å². The number of benzene rings is 2. The Morgan fingerprint density at radius 3 is 2.00 bits per heavy atom. The van der Waals surface area contributed by atoms with Gasteiger partial charge in [-0.05, 0) is 77.8 Å². The summed E-state index contributed by atoms with van der Waals surface area (Å²) >= 11 is 0. The monoisotopic (exact) mass is 466 g/mol. The summed E-state index contributed by atoms with van der Waals surface area (Å²) in [7, 11) is 0. The molecule has 1 fully saturated rings. The molecule has 1 aliphatic rings. The van der Waals surface area contributed by atoms with Gasteiger partial charge in [-0.3, -0.25) is 9.69 Å². The highest BCUT2D eigenvalue weighted by atomic mass is 16.6. The van der Waals surface area contributed by atoms with Gasteiger partial charge in [0.2, 0.25) is 5.91 Å². The molecule has 7 nitrogen and oxygen atoms in total. The number of likely N-dealkylation sites (tertiary alicyclic amines) is 1. The minimum absolute atomic E-state index is 0.0269. The first kappa shape index (κ1) is 25.3. The molecule has 2 aromatic rings. The predicted molar refractivity (Wildman–Crippen MR) is 131 cm³/mol. The molecule has 1 saturated heterocycles. The van der Waals surface area contributed by atoms with E-state index < -0.39 is 29.3 Å². The van der Waals surface area contributed by atoms with Gasteiger partial charge in [0.1, 0.15) is 17.2 Å². The highest BCUT2D eigenvalue weighted by Crippen LogP contribution is 2.33. The number of hydrogen-bond donors (Lipinski definition) is 1. The lowest BCUT2D eigenvalue weighted by Gasteiger charge is -2.28. The number of nitrogens with one attached hydrogen (secondary N) is 1. The first-order chi connectivity index (χ1) is 15.8. The zero-order chi connectivity index (χ0) is 25.1. The van der Waals surface area contributed by atoms with E-state index in [1.165, 1.54) is 4.90 Å². The maximum absolute atomic E-state index is 13.2. The topological polar surface area (TPSA) is 84.9 Å². The van der Waals surface area contributed by atoms with Gasteiger partial charge in [0, 0.05) is 18.2 Å². The summed E-state index contributed by atoms with van der Waals surface area (Å²) in [6.45, 7) is 11.2. The number of nitrogens with zero attached hydrogens (tertiary/aromatic N) is 1. The van der Waals surface area contributed by atoms with Crippen molar-refractivity contribution in [2.45, 2.75) is 71.1 Å². The summed E-state index contributed by atoms with van der Waals surface area (Å²) in [4.78, 5) is 39.9. The largest absolute Gasteiger partial charge is 0.456 e. The van der Waals surface area contributed by atoms with Crippen molar-refractivity contribution < 1.29 is 23.9 Å². The lowest BCUT2D eigenvalue weighted by atomic mass is 9.96. The summed E-state index contributed by atoms with van der Waals surface area (Å²) in [5, 5.41) is 2.88. The molecule has 0 saturated carbocycles. The van der Waals surface area contributed by atoms with E-state index >= 15 is 0 Å². The summed E-state index contributed by atoms with van der Waals surface area (Å²) in [6.07, 6.45) is -0.0169. The first-order valence-corrected chi connectivity index (χ1v) is 11.5. The van der Waals surface area contributed by atoms with Crippen LogP contribution in [0.3, 0.4) is 0 Å². The first-order valence-electron chi connectivity index (χ1n) is 11.5. The van der Waals surface area contributed by atoms with Gasteiger partial charge in [0.25, 0.3) is 0 Å². The number of anilines is 1. The lowest BCUT2D eigenvalue weighted by molar-refractivity contribution is -0.120. The number of carbonyl (C=O) groups excluding carboxylic acids is 3. The summed E-state index contributed by atoms with van der Waals surface area (Å²) in [6, 6.07) is 15.7. The molecule has 2 aromatic carbocycles. The molecule has 0 aromatic heterocycles. The van der Waals surface area contributed by atoms with Crippen LogP contribution in [0.15, 0.2) is 54.6 Å². The standard InChI is InChI=1S/C27H34N2O5/c1-26(2,3)33-24(31)19-12-14-21(15-13-19)28-23(30)22-16-20(18-10-8-7-9-11-18)17-29(22)25(32)34-27(4,5)6/h7-15,20,22H,16-17H2,1-6H3,(H,28,30)/t20-,22-/m0/s1. The van der Waals surface area contributed by atoms with E-state index in [0.717, 1.165) is 5.56 Å². The Morgan fingerprint density at radius 1 is 0.853 bits per heavy atom. The lowest BCUT2D eigenvalue weighted by Crippen LogP contribution is -2.45. The van der Waals surface area contributed by atoms with E-state index in [0.29, 0.717) is 24.2 Å². The zero-order valence-corrected chi connectivity index (χ0v) is 20.8. The summed E-state index contributed by atoms with van der Waals surface area (Å²) in [5.41, 5.74) is 0.749. The van der Waals surface area contributed by atoms with Crippen molar-refractivity contribution in [1.82, 2.24) is 4.90 Å². The van der Waals surface area contributed by atoms with Gasteiger partial charge in [0.05, 0.1) is 5.56 Å². The Bertz CT molecular complexity index is 1020. The normalized spacial score (nSPS) is 18.4. The minimum atomic E-state index is -0.675. The van der Waals surface area contributed by atoms with Crippen molar-refractivity contribution >= 4 is 23.7 Å². The number of hydrogen-bond acceptors (Lipinski definition) is 5. The maximum Gasteiger partial charge on any atom is 0.410 e. The van der Waals surface area contributed by atoms with Crippen LogP contribution in [0.1, 0.15) is 69.8 Å². The molecule has 182 valence electrons. The maximum atomic E-state index is 13.2. The third-order valence-corrected chi connectivity index (χ3v) is 5.29. The van der Waals surface area contributed by atoms with E-state index in [4.69, 9.17) is 9.47 Å². The Balaban J connectivity index is 1.74. The molecule has 0 spiro atoms. The number of carbonyl (C=O) groups is 3. The second kappa shape index (κ2) is 9.87. The zero-order valence-electron chi connectivity index (χ0n) is 20.8. The van der Waals surface area contributed by atoms with Crippen LogP contribution in [0.25, 0.3) is 0 Å². The quantitative estimate of drug-likeness (QED) is 0.612. The molecular formula is C27H34N2O5. The molecule has 2 amide bonds. The van der Waals surface area contributed by atoms with E-state index in [-0.39, 0.29) is 11.8 Å². The van der Waals surface area contributed by atoms with Crippen molar-refractivity contribution in [3.8, 4) is 0 Å². The minimum Gasteiger partial charge on any atom is -0.456 e. The second-order valence-corrected chi connectivity index (χ2v) is 10.6. The van der Waals surface area contributed by atoms with E-state index in [1.54, 1.807) is 65.8 Å². The molecular weight excluding hydrogens is 432 g/mol. The third-order valence-electron chi connectivity index (χ3n) is 5.29. The second-order valence-electron chi connectivity index (χ2n) is 10.6. The van der Waals surface area contributed by atoms with Gasteiger partial charge in [-0.1, -0.05) is 30.3 Å². The van der Waals surface area contributed by atoms with Crippen LogP contribution >= 0.6 is 0 Å². The van der Waals surface area contributed by atoms with Gasteiger partial charge in [-0.15, -0.1) is 0 Å². The molecule has 0 aliphatic carbocycles. The number of amides is 2. The highest BCUT2D eigenvalue weighted by molar-refractivity contribution is 5.97. The highest BCUT2D eigenvalue weighted by Gasteiger charge is 2.42. The average Bonchev–Trinajstić information content (AvgIpc) is 3.18. The van der Waals surface area contributed by atoms with E-state index in [1.807, 2.05) is 30.3 Å². The van der Waals surface area contributed by atoms with Crippen molar-refractivity contribution in [3.63, 3.8) is 0 Å². The fourth-order valence-corrected chi connectivity index (χ4v) is 3.83. The van der Waals surface area contributed by atoms with Gasteiger partial charge in [-0.2, -0.15) is 0 Å². The van der Waals surface area contributed by atoms with Crippen LogP contribution in [-0.4, -0.2) is 46.7 Å². The van der Waals surface area contributed by atoms with Crippen LogP contribution in [-0.2, 0) is 14.3 Å². The third kappa shape index (κ3) is 6.83. The van der Waals surface area contributed by atoms with Crippen LogP contribution in [0.4, 0.5) is 10.5 Å². The Labute approximate surface area is 201 Å². The molecule has 0 bridgehead atoms. The fraction of sp³-hybridized carbons (Fsp3) is 0.444. The van der Waals surface area contributed by atoms with Gasteiger partial charge < -0.3 is 14.8 Å².